The first-order valence-electron chi connectivity index (χ1n) is 9.95. The van der Waals surface area contributed by atoms with Crippen LogP contribution in [0, 0.1) is 0 Å². The number of nitrogens with zero attached hydrogens (tertiary/aromatic N) is 1. The highest BCUT2D eigenvalue weighted by Gasteiger charge is 2.37. The number of hydrogen-bond donors (Lipinski definition) is 0. The van der Waals surface area contributed by atoms with E-state index in [1.165, 1.54) is 4.90 Å². The van der Waals surface area contributed by atoms with E-state index in [4.69, 9.17) is 21.1 Å². The predicted molar refractivity (Wildman–Crippen MR) is 129 cm³/mol. The SMILES string of the molecule is CCOc1cc(/C=C2/SC(=O)N([C@@H](C)CC)C2=O)cc(Br)c1OCc1ccccc1Cl. The smallest absolute Gasteiger partial charge is 0.293 e. The van der Waals surface area contributed by atoms with Crippen LogP contribution in [0.2, 0.25) is 5.02 Å². The van der Waals surface area contributed by atoms with Gasteiger partial charge in [0.1, 0.15) is 6.61 Å². The number of rotatable bonds is 8. The Kier molecular flexibility index (Phi) is 8.08. The van der Waals surface area contributed by atoms with Crippen molar-refractivity contribution in [1.82, 2.24) is 4.90 Å². The molecule has 0 radical (unpaired) electrons. The van der Waals surface area contributed by atoms with Crippen molar-refractivity contribution in [3.05, 3.63) is 61.9 Å². The van der Waals surface area contributed by atoms with Crippen molar-refractivity contribution in [1.29, 1.82) is 0 Å². The van der Waals surface area contributed by atoms with Gasteiger partial charge in [-0.2, -0.15) is 0 Å². The zero-order valence-electron chi connectivity index (χ0n) is 17.5. The molecule has 1 atom stereocenters. The topological polar surface area (TPSA) is 55.8 Å². The van der Waals surface area contributed by atoms with E-state index in [1.54, 1.807) is 12.1 Å². The van der Waals surface area contributed by atoms with Gasteiger partial charge in [0.25, 0.3) is 11.1 Å². The Hall–Kier alpha value is -1.96. The van der Waals surface area contributed by atoms with Crippen LogP contribution in [0.4, 0.5) is 4.79 Å². The summed E-state index contributed by atoms with van der Waals surface area (Å²) in [6.45, 7) is 6.43. The first kappa shape index (κ1) is 23.7. The molecular formula is C23H23BrClNO4S. The van der Waals surface area contributed by atoms with Gasteiger partial charge in [-0.15, -0.1) is 0 Å². The number of carbonyl (C=O) groups excluding carboxylic acids is 2. The summed E-state index contributed by atoms with van der Waals surface area (Å²) in [6.07, 6.45) is 2.42. The normalized spacial score (nSPS) is 16.2. The van der Waals surface area contributed by atoms with E-state index in [1.807, 2.05) is 51.1 Å². The molecule has 164 valence electrons. The van der Waals surface area contributed by atoms with Crippen LogP contribution < -0.4 is 9.47 Å². The van der Waals surface area contributed by atoms with E-state index in [0.29, 0.717) is 38.9 Å². The zero-order chi connectivity index (χ0) is 22.5. The lowest BCUT2D eigenvalue weighted by atomic mass is 10.1. The molecule has 31 heavy (non-hydrogen) atoms. The third-order valence-electron chi connectivity index (χ3n) is 4.81. The number of carbonyl (C=O) groups is 2. The van der Waals surface area contributed by atoms with Gasteiger partial charge in [0.2, 0.25) is 0 Å². The monoisotopic (exact) mass is 523 g/mol. The standard InChI is InChI=1S/C23H23BrClNO4S/c1-4-14(3)26-22(27)20(31-23(26)28)12-15-10-17(24)21(19(11-15)29-5-2)30-13-16-8-6-7-9-18(16)25/h6-12,14H,4-5,13H2,1-3H3/b20-12+/t14-/m0/s1. The molecule has 2 aromatic rings. The lowest BCUT2D eigenvalue weighted by Crippen LogP contribution is -2.36. The predicted octanol–water partition coefficient (Wildman–Crippen LogP) is 6.92. The second-order valence-electron chi connectivity index (χ2n) is 6.95. The second kappa shape index (κ2) is 10.6. The van der Waals surface area contributed by atoms with Crippen LogP contribution >= 0.6 is 39.3 Å². The molecule has 0 unspecified atom stereocenters. The highest BCUT2D eigenvalue weighted by atomic mass is 79.9. The van der Waals surface area contributed by atoms with Crippen molar-refractivity contribution in [3.8, 4) is 11.5 Å². The minimum Gasteiger partial charge on any atom is -0.490 e. The van der Waals surface area contributed by atoms with E-state index in [0.717, 1.165) is 22.9 Å². The fourth-order valence-electron chi connectivity index (χ4n) is 3.03. The average molecular weight is 525 g/mol. The van der Waals surface area contributed by atoms with E-state index in [-0.39, 0.29) is 23.8 Å². The first-order valence-corrected chi connectivity index (χ1v) is 11.9. The van der Waals surface area contributed by atoms with Crippen LogP contribution in [0.15, 0.2) is 45.8 Å². The summed E-state index contributed by atoms with van der Waals surface area (Å²) < 4.78 is 12.5. The molecule has 0 bridgehead atoms. The van der Waals surface area contributed by atoms with Crippen LogP contribution in [-0.4, -0.2) is 28.7 Å². The molecule has 0 aromatic heterocycles. The average Bonchev–Trinajstić information content (AvgIpc) is 3.01. The molecule has 0 N–H and O–H groups in total. The van der Waals surface area contributed by atoms with Crippen LogP contribution in [0.25, 0.3) is 6.08 Å². The minimum absolute atomic E-state index is 0.135. The van der Waals surface area contributed by atoms with E-state index in [9.17, 15) is 9.59 Å². The quantitative estimate of drug-likeness (QED) is 0.351. The van der Waals surface area contributed by atoms with Crippen molar-refractivity contribution >= 4 is 56.5 Å². The van der Waals surface area contributed by atoms with Crippen LogP contribution in [0.5, 0.6) is 11.5 Å². The molecule has 3 rings (SSSR count). The Morgan fingerprint density at radius 3 is 2.61 bits per heavy atom. The Labute approximate surface area is 199 Å². The molecule has 2 aromatic carbocycles. The highest BCUT2D eigenvalue weighted by Crippen LogP contribution is 2.40. The number of thioether (sulfide) groups is 1. The summed E-state index contributed by atoms with van der Waals surface area (Å²) in [5.41, 5.74) is 1.59. The van der Waals surface area contributed by atoms with Gasteiger partial charge in [0.05, 0.1) is 16.0 Å². The van der Waals surface area contributed by atoms with E-state index >= 15 is 0 Å². The number of halogens is 2. The van der Waals surface area contributed by atoms with Crippen molar-refractivity contribution in [2.45, 2.75) is 39.8 Å². The Morgan fingerprint density at radius 2 is 1.94 bits per heavy atom. The van der Waals surface area contributed by atoms with Gasteiger partial charge in [0, 0.05) is 16.6 Å². The maximum absolute atomic E-state index is 12.7. The van der Waals surface area contributed by atoms with Gasteiger partial charge in [-0.25, -0.2) is 0 Å². The Morgan fingerprint density at radius 1 is 1.19 bits per heavy atom. The Bertz CT molecular complexity index is 1030. The Balaban J connectivity index is 1.88. The summed E-state index contributed by atoms with van der Waals surface area (Å²) >= 11 is 10.7. The lowest BCUT2D eigenvalue weighted by molar-refractivity contribution is -0.124. The number of hydrogen-bond acceptors (Lipinski definition) is 5. The first-order chi connectivity index (χ1) is 14.8. The highest BCUT2D eigenvalue weighted by molar-refractivity contribution is 9.10. The van der Waals surface area contributed by atoms with Gasteiger partial charge in [0.15, 0.2) is 11.5 Å². The van der Waals surface area contributed by atoms with Crippen molar-refractivity contribution in [3.63, 3.8) is 0 Å². The summed E-state index contributed by atoms with van der Waals surface area (Å²) in [5, 5.41) is 0.389. The summed E-state index contributed by atoms with van der Waals surface area (Å²) in [5.74, 6) is 0.820. The van der Waals surface area contributed by atoms with Gasteiger partial charge in [-0.3, -0.25) is 14.5 Å². The number of ether oxygens (including phenoxy) is 2. The molecule has 1 aliphatic heterocycles. The summed E-state index contributed by atoms with van der Waals surface area (Å²) in [6, 6.07) is 11.0. The molecule has 1 aliphatic rings. The molecule has 8 heteroatoms. The molecule has 1 fully saturated rings. The van der Waals surface area contributed by atoms with E-state index < -0.39 is 0 Å². The molecule has 5 nitrogen and oxygen atoms in total. The maximum Gasteiger partial charge on any atom is 0.293 e. The van der Waals surface area contributed by atoms with Gasteiger partial charge < -0.3 is 9.47 Å². The van der Waals surface area contributed by atoms with Crippen molar-refractivity contribution < 1.29 is 19.1 Å². The second-order valence-corrected chi connectivity index (χ2v) is 9.21. The van der Waals surface area contributed by atoms with Gasteiger partial charge in [-0.1, -0.05) is 36.7 Å². The van der Waals surface area contributed by atoms with Crippen LogP contribution in [-0.2, 0) is 11.4 Å². The molecule has 0 spiro atoms. The van der Waals surface area contributed by atoms with Crippen molar-refractivity contribution in [2.75, 3.05) is 6.61 Å². The third-order valence-corrected chi connectivity index (χ3v) is 6.66. The third kappa shape index (κ3) is 5.45. The number of benzene rings is 2. The molecule has 0 aliphatic carbocycles. The van der Waals surface area contributed by atoms with Crippen LogP contribution in [0.1, 0.15) is 38.3 Å². The summed E-state index contributed by atoms with van der Waals surface area (Å²) in [4.78, 5) is 26.7. The fourth-order valence-corrected chi connectivity index (χ4v) is 4.73. The van der Waals surface area contributed by atoms with Crippen LogP contribution in [0.3, 0.4) is 0 Å². The number of amides is 2. The van der Waals surface area contributed by atoms with E-state index in [2.05, 4.69) is 15.9 Å². The lowest BCUT2D eigenvalue weighted by Gasteiger charge is -2.19. The fraction of sp³-hybridized carbons (Fsp3) is 0.304. The summed E-state index contributed by atoms with van der Waals surface area (Å²) in [7, 11) is 0. The molecular weight excluding hydrogens is 502 g/mol. The van der Waals surface area contributed by atoms with Gasteiger partial charge in [-0.05, 0) is 77.8 Å². The minimum atomic E-state index is -0.266. The van der Waals surface area contributed by atoms with Gasteiger partial charge >= 0.3 is 0 Å². The molecule has 1 saturated heterocycles. The molecule has 2 amide bonds. The maximum atomic E-state index is 12.7. The zero-order valence-corrected chi connectivity index (χ0v) is 20.6. The number of imide groups is 1. The molecule has 1 heterocycles. The largest absolute Gasteiger partial charge is 0.490 e. The molecule has 0 saturated carbocycles. The van der Waals surface area contributed by atoms with Crippen molar-refractivity contribution in [2.24, 2.45) is 0 Å².